The van der Waals surface area contributed by atoms with Gasteiger partial charge in [0.05, 0.1) is 5.75 Å². The predicted octanol–water partition coefficient (Wildman–Crippen LogP) is 1.09. The predicted molar refractivity (Wildman–Crippen MR) is 68.2 cm³/mol. The fraction of sp³-hybridized carbons (Fsp3) is 0.778. The van der Waals surface area contributed by atoms with Crippen molar-refractivity contribution in [1.29, 1.82) is 0 Å². The summed E-state index contributed by atoms with van der Waals surface area (Å²) in [6.07, 6.45) is 1.67. The number of methoxy groups -OCH3 is 1. The summed E-state index contributed by atoms with van der Waals surface area (Å²) in [5.41, 5.74) is 0. The van der Waals surface area contributed by atoms with Crippen molar-refractivity contribution in [2.75, 3.05) is 31.0 Å². The van der Waals surface area contributed by atoms with Crippen molar-refractivity contribution in [1.82, 2.24) is 9.36 Å². The number of hydrogen-bond donors (Lipinski definition) is 1. The minimum atomic E-state index is -2.88. The molecule has 0 fully saturated rings. The van der Waals surface area contributed by atoms with E-state index >= 15 is 0 Å². The molecule has 8 heteroatoms. The Morgan fingerprint density at radius 2 is 2.24 bits per heavy atom. The standard InChI is InChI=1S/C9H17N3O3S2/c1-7(15-2)8-11-9(16-12-8)10-5-4-6-17(3,13)14/h7H,4-6H2,1-3H3,(H,10,11,12). The first-order valence-corrected chi connectivity index (χ1v) is 8.04. The van der Waals surface area contributed by atoms with E-state index in [1.54, 1.807) is 7.11 Å². The van der Waals surface area contributed by atoms with E-state index in [1.165, 1.54) is 17.8 Å². The fourth-order valence-electron chi connectivity index (χ4n) is 1.11. The summed E-state index contributed by atoms with van der Waals surface area (Å²) < 4.78 is 31.0. The molecule has 0 spiro atoms. The number of ether oxygens (including phenoxy) is 1. The third kappa shape index (κ3) is 5.42. The zero-order valence-electron chi connectivity index (χ0n) is 10.1. The molecule has 0 radical (unpaired) electrons. The van der Waals surface area contributed by atoms with Crippen LogP contribution in [0.4, 0.5) is 5.13 Å². The lowest BCUT2D eigenvalue weighted by Crippen LogP contribution is -2.09. The first-order chi connectivity index (χ1) is 7.92. The molecule has 0 amide bonds. The lowest BCUT2D eigenvalue weighted by Gasteiger charge is -2.03. The summed E-state index contributed by atoms with van der Waals surface area (Å²) >= 11 is 1.25. The molecule has 1 aromatic rings. The van der Waals surface area contributed by atoms with Crippen LogP contribution in [-0.4, -0.2) is 43.4 Å². The van der Waals surface area contributed by atoms with Crippen molar-refractivity contribution in [3.8, 4) is 0 Å². The molecule has 6 nitrogen and oxygen atoms in total. The average molecular weight is 279 g/mol. The van der Waals surface area contributed by atoms with Gasteiger partial charge in [-0.25, -0.2) is 13.4 Å². The van der Waals surface area contributed by atoms with Gasteiger partial charge in [-0.1, -0.05) is 0 Å². The highest BCUT2D eigenvalue weighted by atomic mass is 32.2. The lowest BCUT2D eigenvalue weighted by atomic mass is 10.4. The van der Waals surface area contributed by atoms with Crippen molar-refractivity contribution in [2.24, 2.45) is 0 Å². The largest absolute Gasteiger partial charge is 0.374 e. The Bertz CT molecular complexity index is 444. The zero-order valence-corrected chi connectivity index (χ0v) is 11.8. The number of sulfone groups is 1. The first-order valence-electron chi connectivity index (χ1n) is 5.20. The van der Waals surface area contributed by atoms with Crippen molar-refractivity contribution < 1.29 is 13.2 Å². The molecule has 0 aromatic carbocycles. The first kappa shape index (κ1) is 14.3. The van der Waals surface area contributed by atoms with E-state index in [1.807, 2.05) is 6.92 Å². The summed E-state index contributed by atoms with van der Waals surface area (Å²) in [6, 6.07) is 0. The van der Waals surface area contributed by atoms with Gasteiger partial charge in [-0.05, 0) is 13.3 Å². The van der Waals surface area contributed by atoms with Gasteiger partial charge in [-0.15, -0.1) is 0 Å². The van der Waals surface area contributed by atoms with Crippen LogP contribution in [0.15, 0.2) is 0 Å². The maximum absolute atomic E-state index is 10.9. The highest BCUT2D eigenvalue weighted by Crippen LogP contribution is 2.17. The maximum atomic E-state index is 10.9. The van der Waals surface area contributed by atoms with Gasteiger partial charge in [-0.2, -0.15) is 4.37 Å². The van der Waals surface area contributed by atoms with E-state index in [2.05, 4.69) is 14.7 Å². The second-order valence-electron chi connectivity index (χ2n) is 3.75. The van der Waals surface area contributed by atoms with E-state index in [0.717, 1.165) is 0 Å². The fourth-order valence-corrected chi connectivity index (χ4v) is 2.45. The molecule has 0 aliphatic carbocycles. The molecule has 17 heavy (non-hydrogen) atoms. The normalized spacial score (nSPS) is 13.6. The van der Waals surface area contributed by atoms with E-state index in [4.69, 9.17) is 4.74 Å². The van der Waals surface area contributed by atoms with Crippen LogP contribution in [0.5, 0.6) is 0 Å². The number of hydrogen-bond acceptors (Lipinski definition) is 7. The quantitative estimate of drug-likeness (QED) is 0.753. The van der Waals surface area contributed by atoms with Crippen molar-refractivity contribution in [2.45, 2.75) is 19.4 Å². The molecular formula is C9H17N3O3S2. The van der Waals surface area contributed by atoms with Crippen molar-refractivity contribution in [3.63, 3.8) is 0 Å². The topological polar surface area (TPSA) is 81.2 Å². The molecule has 0 saturated heterocycles. The number of aromatic nitrogens is 2. The van der Waals surface area contributed by atoms with Gasteiger partial charge in [-0.3, -0.25) is 0 Å². The SMILES string of the molecule is COC(C)c1nsc(NCCCS(C)(=O)=O)n1. The van der Waals surface area contributed by atoms with Gasteiger partial charge in [0, 0.05) is 31.4 Å². The Labute approximate surface area is 105 Å². The molecule has 0 bridgehead atoms. The van der Waals surface area contributed by atoms with E-state index < -0.39 is 9.84 Å². The molecule has 1 N–H and O–H groups in total. The number of nitrogens with one attached hydrogen (secondary N) is 1. The van der Waals surface area contributed by atoms with E-state index in [-0.39, 0.29) is 11.9 Å². The average Bonchev–Trinajstić information content (AvgIpc) is 2.70. The zero-order chi connectivity index (χ0) is 12.9. The van der Waals surface area contributed by atoms with Crippen LogP contribution in [0, 0.1) is 0 Å². The van der Waals surface area contributed by atoms with Crippen molar-refractivity contribution >= 4 is 26.5 Å². The third-order valence-electron chi connectivity index (χ3n) is 2.13. The summed E-state index contributed by atoms with van der Waals surface area (Å²) in [7, 11) is -1.28. The number of rotatable bonds is 7. The molecule has 1 heterocycles. The van der Waals surface area contributed by atoms with Gasteiger partial charge in [0.25, 0.3) is 0 Å². The Morgan fingerprint density at radius 1 is 1.53 bits per heavy atom. The van der Waals surface area contributed by atoms with Gasteiger partial charge in [0.15, 0.2) is 5.82 Å². The Morgan fingerprint density at radius 3 is 2.82 bits per heavy atom. The van der Waals surface area contributed by atoms with Gasteiger partial charge in [0.1, 0.15) is 15.9 Å². The van der Waals surface area contributed by atoms with E-state index in [0.29, 0.717) is 23.9 Å². The van der Waals surface area contributed by atoms with Crippen LogP contribution in [-0.2, 0) is 14.6 Å². The molecular weight excluding hydrogens is 262 g/mol. The molecule has 0 aliphatic rings. The molecule has 1 rings (SSSR count). The second-order valence-corrected chi connectivity index (χ2v) is 6.76. The number of nitrogens with zero attached hydrogens (tertiary/aromatic N) is 2. The monoisotopic (exact) mass is 279 g/mol. The molecule has 1 atom stereocenters. The highest BCUT2D eigenvalue weighted by molar-refractivity contribution is 7.90. The Kier molecular flexibility index (Phi) is 5.29. The minimum Gasteiger partial charge on any atom is -0.374 e. The van der Waals surface area contributed by atoms with Crippen LogP contribution < -0.4 is 5.32 Å². The van der Waals surface area contributed by atoms with Gasteiger partial charge < -0.3 is 10.1 Å². The maximum Gasteiger partial charge on any atom is 0.202 e. The van der Waals surface area contributed by atoms with Crippen LogP contribution in [0.25, 0.3) is 0 Å². The Hall–Kier alpha value is -0.730. The van der Waals surface area contributed by atoms with Crippen LogP contribution >= 0.6 is 11.5 Å². The third-order valence-corrected chi connectivity index (χ3v) is 3.84. The lowest BCUT2D eigenvalue weighted by molar-refractivity contribution is 0.113. The van der Waals surface area contributed by atoms with Gasteiger partial charge >= 0.3 is 0 Å². The summed E-state index contributed by atoms with van der Waals surface area (Å²) in [6.45, 7) is 2.44. The molecule has 0 aliphatic heterocycles. The summed E-state index contributed by atoms with van der Waals surface area (Å²) in [4.78, 5) is 4.24. The molecule has 0 saturated carbocycles. The highest BCUT2D eigenvalue weighted by Gasteiger charge is 2.10. The van der Waals surface area contributed by atoms with E-state index in [9.17, 15) is 8.42 Å². The smallest absolute Gasteiger partial charge is 0.202 e. The molecule has 1 unspecified atom stereocenters. The minimum absolute atomic E-state index is 0.127. The molecule has 1 aromatic heterocycles. The van der Waals surface area contributed by atoms with Crippen LogP contribution in [0.2, 0.25) is 0 Å². The number of anilines is 1. The van der Waals surface area contributed by atoms with Crippen LogP contribution in [0.1, 0.15) is 25.3 Å². The summed E-state index contributed by atoms with van der Waals surface area (Å²) in [5.74, 6) is 0.822. The van der Waals surface area contributed by atoms with Crippen molar-refractivity contribution in [3.05, 3.63) is 5.82 Å². The van der Waals surface area contributed by atoms with Gasteiger partial charge in [0.2, 0.25) is 5.13 Å². The second kappa shape index (κ2) is 6.27. The molecule has 98 valence electrons. The Balaban J connectivity index is 2.35. The van der Waals surface area contributed by atoms with Crippen LogP contribution in [0.3, 0.4) is 0 Å². The summed E-state index contributed by atoms with van der Waals surface area (Å²) in [5, 5.41) is 3.73.